The van der Waals surface area contributed by atoms with Crippen LogP contribution in [0.4, 0.5) is 10.3 Å². The second-order valence-electron chi connectivity index (χ2n) is 6.14. The van der Waals surface area contributed by atoms with Crippen LogP contribution in [0.2, 0.25) is 0 Å². The SMILES string of the molecule is Cl.O=S(=O)(c1ccccc1)n1nc(-c2cccnc2)nc1NCc1ccc(F)cc1. The maximum absolute atomic E-state index is 13.1. The lowest BCUT2D eigenvalue weighted by Crippen LogP contribution is -2.18. The van der Waals surface area contributed by atoms with Crippen LogP contribution in [0.5, 0.6) is 0 Å². The molecule has 4 aromatic rings. The van der Waals surface area contributed by atoms with E-state index >= 15 is 0 Å². The monoisotopic (exact) mass is 445 g/mol. The Morgan fingerprint density at radius 2 is 1.70 bits per heavy atom. The lowest BCUT2D eigenvalue weighted by Gasteiger charge is -2.09. The van der Waals surface area contributed by atoms with Crippen LogP contribution >= 0.6 is 12.4 Å². The number of halogens is 2. The Morgan fingerprint density at radius 3 is 2.37 bits per heavy atom. The molecule has 0 saturated carbocycles. The minimum atomic E-state index is -3.97. The summed E-state index contributed by atoms with van der Waals surface area (Å²) in [4.78, 5) is 8.47. The van der Waals surface area contributed by atoms with Crippen molar-refractivity contribution in [3.05, 3.63) is 90.5 Å². The van der Waals surface area contributed by atoms with Crippen LogP contribution in [0.3, 0.4) is 0 Å². The van der Waals surface area contributed by atoms with Crippen LogP contribution in [0.1, 0.15) is 5.56 Å². The molecular weight excluding hydrogens is 429 g/mol. The molecule has 0 aliphatic carbocycles. The minimum Gasteiger partial charge on any atom is -0.349 e. The number of aromatic nitrogens is 4. The first-order chi connectivity index (χ1) is 14.0. The third-order valence-electron chi connectivity index (χ3n) is 4.13. The lowest BCUT2D eigenvalue weighted by molar-refractivity contribution is 0.580. The van der Waals surface area contributed by atoms with Gasteiger partial charge >= 0.3 is 0 Å². The zero-order valence-electron chi connectivity index (χ0n) is 15.5. The van der Waals surface area contributed by atoms with E-state index in [2.05, 4.69) is 20.4 Å². The first kappa shape index (κ1) is 21.4. The number of benzene rings is 2. The largest absolute Gasteiger partial charge is 0.349 e. The molecule has 0 bridgehead atoms. The summed E-state index contributed by atoms with van der Waals surface area (Å²) in [7, 11) is -3.97. The summed E-state index contributed by atoms with van der Waals surface area (Å²) in [6.07, 6.45) is 3.16. The van der Waals surface area contributed by atoms with Crippen molar-refractivity contribution in [3.8, 4) is 11.4 Å². The maximum Gasteiger partial charge on any atom is 0.286 e. The number of anilines is 1. The average Bonchev–Trinajstić information content (AvgIpc) is 3.20. The van der Waals surface area contributed by atoms with Crippen LogP contribution in [0, 0.1) is 5.82 Å². The van der Waals surface area contributed by atoms with E-state index in [0.29, 0.717) is 5.56 Å². The van der Waals surface area contributed by atoms with Crippen LogP contribution in [0.25, 0.3) is 11.4 Å². The van der Waals surface area contributed by atoms with Gasteiger partial charge in [-0.1, -0.05) is 30.3 Å². The molecule has 1 N–H and O–H groups in total. The van der Waals surface area contributed by atoms with E-state index in [1.54, 1.807) is 54.9 Å². The van der Waals surface area contributed by atoms with Gasteiger partial charge in [0.05, 0.1) is 4.90 Å². The Labute approximate surface area is 179 Å². The van der Waals surface area contributed by atoms with Gasteiger partial charge in [0.25, 0.3) is 10.0 Å². The molecular formula is C20H17ClFN5O2S. The van der Waals surface area contributed by atoms with Crippen molar-refractivity contribution in [1.29, 1.82) is 0 Å². The number of nitrogens with zero attached hydrogens (tertiary/aromatic N) is 4. The molecule has 2 aromatic heterocycles. The molecule has 154 valence electrons. The zero-order valence-corrected chi connectivity index (χ0v) is 17.1. The topological polar surface area (TPSA) is 89.8 Å². The number of rotatable bonds is 6. The van der Waals surface area contributed by atoms with Crippen LogP contribution < -0.4 is 5.32 Å². The smallest absolute Gasteiger partial charge is 0.286 e. The minimum absolute atomic E-state index is 0. The number of nitrogens with one attached hydrogen (secondary N) is 1. The molecule has 2 heterocycles. The number of hydrogen-bond acceptors (Lipinski definition) is 6. The quantitative estimate of drug-likeness (QED) is 0.486. The van der Waals surface area contributed by atoms with Gasteiger partial charge < -0.3 is 5.32 Å². The predicted octanol–water partition coefficient (Wildman–Crippen LogP) is 3.75. The van der Waals surface area contributed by atoms with Gasteiger partial charge in [0.2, 0.25) is 5.95 Å². The van der Waals surface area contributed by atoms with Crippen molar-refractivity contribution < 1.29 is 12.8 Å². The molecule has 2 aromatic carbocycles. The molecule has 0 unspecified atom stereocenters. The Morgan fingerprint density at radius 1 is 0.967 bits per heavy atom. The molecule has 30 heavy (non-hydrogen) atoms. The number of hydrogen-bond donors (Lipinski definition) is 1. The van der Waals surface area contributed by atoms with Gasteiger partial charge in [0.15, 0.2) is 5.82 Å². The highest BCUT2D eigenvalue weighted by atomic mass is 35.5. The fraction of sp³-hybridized carbons (Fsp3) is 0.0500. The van der Waals surface area contributed by atoms with Crippen LogP contribution in [-0.4, -0.2) is 27.6 Å². The molecule has 0 aliphatic heterocycles. The summed E-state index contributed by atoms with van der Waals surface area (Å²) < 4.78 is 40.2. The summed E-state index contributed by atoms with van der Waals surface area (Å²) in [5, 5.41) is 7.19. The third-order valence-corrected chi connectivity index (χ3v) is 5.71. The summed E-state index contributed by atoms with van der Waals surface area (Å²) in [6, 6.07) is 17.3. The maximum atomic E-state index is 13.1. The molecule has 0 fully saturated rings. The first-order valence-electron chi connectivity index (χ1n) is 8.70. The Balaban J connectivity index is 0.00000256. The van der Waals surface area contributed by atoms with E-state index in [0.717, 1.165) is 9.65 Å². The molecule has 0 aliphatic rings. The van der Waals surface area contributed by atoms with E-state index in [1.807, 2.05) is 0 Å². The lowest BCUT2D eigenvalue weighted by atomic mass is 10.2. The standard InChI is InChI=1S/C20H16FN5O2S.ClH/c21-17-10-8-15(9-11-17)13-23-20-24-19(16-5-4-12-22-14-16)25-26(20)29(27,28)18-6-2-1-3-7-18;/h1-12,14H,13H2,(H,23,24,25);1H. The summed E-state index contributed by atoms with van der Waals surface area (Å²) in [5.74, 6) is -0.0707. The van der Waals surface area contributed by atoms with Crippen molar-refractivity contribution in [2.24, 2.45) is 0 Å². The van der Waals surface area contributed by atoms with Gasteiger partial charge in [-0.05, 0) is 42.0 Å². The van der Waals surface area contributed by atoms with Gasteiger partial charge in [-0.15, -0.1) is 21.6 Å². The Hall–Kier alpha value is -3.30. The van der Waals surface area contributed by atoms with Crippen LogP contribution in [0.15, 0.2) is 84.0 Å². The predicted molar refractivity (Wildman–Crippen MR) is 113 cm³/mol. The second-order valence-corrected chi connectivity index (χ2v) is 7.91. The second kappa shape index (κ2) is 9.02. The highest BCUT2D eigenvalue weighted by Gasteiger charge is 2.24. The van der Waals surface area contributed by atoms with E-state index in [1.165, 1.54) is 24.3 Å². The van der Waals surface area contributed by atoms with Crippen molar-refractivity contribution in [3.63, 3.8) is 0 Å². The van der Waals surface area contributed by atoms with Crippen molar-refractivity contribution in [2.45, 2.75) is 11.4 Å². The fourth-order valence-corrected chi connectivity index (χ4v) is 3.89. The van der Waals surface area contributed by atoms with Gasteiger partial charge in [0.1, 0.15) is 5.82 Å². The van der Waals surface area contributed by atoms with Gasteiger partial charge in [-0.25, -0.2) is 4.39 Å². The Bertz CT molecular complexity index is 1220. The highest BCUT2D eigenvalue weighted by molar-refractivity contribution is 7.90. The summed E-state index contributed by atoms with van der Waals surface area (Å²) >= 11 is 0. The normalized spacial score (nSPS) is 11.0. The third kappa shape index (κ3) is 4.47. The van der Waals surface area contributed by atoms with E-state index < -0.39 is 10.0 Å². The van der Waals surface area contributed by atoms with Gasteiger partial charge in [-0.2, -0.15) is 13.4 Å². The Kier molecular flexibility index (Phi) is 6.43. The molecule has 0 radical (unpaired) electrons. The van der Waals surface area contributed by atoms with E-state index in [4.69, 9.17) is 0 Å². The van der Waals surface area contributed by atoms with Crippen molar-refractivity contribution in [1.82, 2.24) is 19.2 Å². The molecule has 10 heteroatoms. The molecule has 7 nitrogen and oxygen atoms in total. The molecule has 0 spiro atoms. The van der Waals surface area contributed by atoms with E-state index in [-0.39, 0.29) is 41.4 Å². The molecule has 4 rings (SSSR count). The zero-order chi connectivity index (χ0) is 20.3. The number of pyridine rings is 1. The fourth-order valence-electron chi connectivity index (χ4n) is 2.67. The first-order valence-corrected chi connectivity index (χ1v) is 10.1. The van der Waals surface area contributed by atoms with Gasteiger partial charge in [-0.3, -0.25) is 4.98 Å². The summed E-state index contributed by atoms with van der Waals surface area (Å²) in [6.45, 7) is 0.246. The van der Waals surface area contributed by atoms with Gasteiger partial charge in [0, 0.05) is 24.5 Å². The van der Waals surface area contributed by atoms with E-state index in [9.17, 15) is 12.8 Å². The van der Waals surface area contributed by atoms with Crippen molar-refractivity contribution in [2.75, 3.05) is 5.32 Å². The molecule has 0 atom stereocenters. The molecule has 0 amide bonds. The van der Waals surface area contributed by atoms with Crippen molar-refractivity contribution >= 4 is 28.4 Å². The molecule has 0 saturated heterocycles. The summed E-state index contributed by atoms with van der Waals surface area (Å²) in [5.41, 5.74) is 1.35. The highest BCUT2D eigenvalue weighted by Crippen LogP contribution is 2.22. The average molecular weight is 446 g/mol. The van der Waals surface area contributed by atoms with Crippen LogP contribution in [-0.2, 0) is 16.6 Å².